The Kier molecular flexibility index (Phi) is 3.85. The first kappa shape index (κ1) is 15.6. The lowest BCUT2D eigenvalue weighted by atomic mass is 9.77. The maximum atomic E-state index is 12.8. The van der Waals surface area contributed by atoms with Crippen molar-refractivity contribution in [2.75, 3.05) is 0 Å². The number of hydrogen-bond acceptors (Lipinski definition) is 4. The van der Waals surface area contributed by atoms with Crippen LogP contribution in [0.5, 0.6) is 0 Å². The summed E-state index contributed by atoms with van der Waals surface area (Å²) < 4.78 is 27.1. The van der Waals surface area contributed by atoms with Gasteiger partial charge in [0.2, 0.25) is 0 Å². The number of sulfonamides is 1. The lowest BCUT2D eigenvalue weighted by molar-refractivity contribution is 0.512. The molecule has 114 valence electrons. The summed E-state index contributed by atoms with van der Waals surface area (Å²) in [5.41, 5.74) is 1.71. The Morgan fingerprint density at radius 2 is 2.00 bits per heavy atom. The number of hydrogen-bond donors (Lipinski definition) is 1. The molecule has 2 aromatic rings. The maximum absolute atomic E-state index is 12.8. The number of halogens is 1. The largest absolute Gasteiger partial charge is 0.474 e. The molecule has 8 heteroatoms. The van der Waals surface area contributed by atoms with Crippen molar-refractivity contribution < 1.29 is 13.4 Å². The smallest absolute Gasteiger partial charge is 0.427 e. The molecule has 0 aliphatic carbocycles. The SMILES string of the molecule is Cc1ccc(S(=O)(=O)N2C=Cc3cc(C)sc3B2O)c(Cl)c1. The highest BCUT2D eigenvalue weighted by molar-refractivity contribution is 7.90. The van der Waals surface area contributed by atoms with Crippen molar-refractivity contribution in [3.05, 3.63) is 51.5 Å². The summed E-state index contributed by atoms with van der Waals surface area (Å²) >= 11 is 7.46. The predicted octanol–water partition coefficient (Wildman–Crippen LogP) is 2.38. The zero-order valence-corrected chi connectivity index (χ0v) is 14.3. The number of thiophene rings is 1. The Labute approximate surface area is 138 Å². The van der Waals surface area contributed by atoms with Crippen molar-refractivity contribution in [2.24, 2.45) is 0 Å². The monoisotopic (exact) mass is 353 g/mol. The second kappa shape index (κ2) is 5.42. The normalized spacial score (nSPS) is 14.4. The van der Waals surface area contributed by atoms with Crippen LogP contribution in [-0.4, -0.2) is 24.7 Å². The Morgan fingerprint density at radius 3 is 2.68 bits per heavy atom. The number of aryl methyl sites for hydroxylation is 2. The molecule has 0 radical (unpaired) electrons. The lowest BCUT2D eigenvalue weighted by Gasteiger charge is -2.26. The van der Waals surface area contributed by atoms with Gasteiger partial charge in [0, 0.05) is 15.9 Å². The Morgan fingerprint density at radius 1 is 1.27 bits per heavy atom. The summed E-state index contributed by atoms with van der Waals surface area (Å²) in [7, 11) is -5.16. The van der Waals surface area contributed by atoms with Crippen LogP contribution in [0.1, 0.15) is 16.0 Å². The summed E-state index contributed by atoms with van der Waals surface area (Å²) in [5, 5.41) is 10.6. The Hall–Kier alpha value is -1.28. The summed E-state index contributed by atoms with van der Waals surface area (Å²) in [4.78, 5) is 1.00. The minimum absolute atomic E-state index is 0.0137. The lowest BCUT2D eigenvalue weighted by Crippen LogP contribution is -2.49. The first-order chi connectivity index (χ1) is 10.3. The van der Waals surface area contributed by atoms with E-state index in [9.17, 15) is 13.4 Å². The quantitative estimate of drug-likeness (QED) is 0.843. The van der Waals surface area contributed by atoms with Gasteiger partial charge in [-0.1, -0.05) is 17.7 Å². The number of benzene rings is 1. The molecule has 4 nitrogen and oxygen atoms in total. The fraction of sp³-hybridized carbons (Fsp3) is 0.143. The van der Waals surface area contributed by atoms with E-state index in [-0.39, 0.29) is 9.92 Å². The third kappa shape index (κ3) is 2.48. The summed E-state index contributed by atoms with van der Waals surface area (Å²) in [6.45, 7) is 3.75. The molecular formula is C14H13BClNO3S2. The molecule has 0 saturated carbocycles. The van der Waals surface area contributed by atoms with Gasteiger partial charge in [-0.15, -0.1) is 11.3 Å². The van der Waals surface area contributed by atoms with Crippen molar-refractivity contribution in [3.63, 3.8) is 0 Å². The molecule has 1 aliphatic rings. The Bertz CT molecular complexity index is 876. The van der Waals surface area contributed by atoms with E-state index in [0.717, 1.165) is 20.2 Å². The summed E-state index contributed by atoms with van der Waals surface area (Å²) in [6, 6.07) is 6.65. The van der Waals surface area contributed by atoms with Crippen LogP contribution < -0.4 is 4.78 Å². The van der Waals surface area contributed by atoms with Crippen LogP contribution in [0.3, 0.4) is 0 Å². The maximum Gasteiger partial charge on any atom is 0.474 e. The summed E-state index contributed by atoms with van der Waals surface area (Å²) in [5.74, 6) is 0. The van der Waals surface area contributed by atoms with Gasteiger partial charge in [-0.25, -0.2) is 8.42 Å². The van der Waals surface area contributed by atoms with Gasteiger partial charge in [0.1, 0.15) is 4.90 Å². The van der Waals surface area contributed by atoms with Crippen LogP contribution in [0.15, 0.2) is 35.4 Å². The first-order valence-corrected chi connectivity index (χ1v) is 9.20. The molecule has 0 unspecified atom stereocenters. The van der Waals surface area contributed by atoms with E-state index in [4.69, 9.17) is 11.6 Å². The van der Waals surface area contributed by atoms with Crippen molar-refractivity contribution in [2.45, 2.75) is 18.7 Å². The molecule has 22 heavy (non-hydrogen) atoms. The average Bonchev–Trinajstić information content (AvgIpc) is 2.80. The van der Waals surface area contributed by atoms with Crippen LogP contribution in [0.2, 0.25) is 5.02 Å². The van der Waals surface area contributed by atoms with E-state index in [1.165, 1.54) is 23.6 Å². The number of fused-ring (bicyclic) bond motifs is 1. The van der Waals surface area contributed by atoms with Gasteiger partial charge in [-0.3, -0.25) is 4.22 Å². The second-order valence-corrected chi connectivity index (χ2v) is 8.64. The van der Waals surface area contributed by atoms with Crippen LogP contribution in [-0.2, 0) is 10.0 Å². The van der Waals surface area contributed by atoms with Gasteiger partial charge in [0.05, 0.1) is 5.02 Å². The fourth-order valence-electron chi connectivity index (χ4n) is 2.38. The molecule has 0 bridgehead atoms. The van der Waals surface area contributed by atoms with E-state index in [1.807, 2.05) is 19.9 Å². The highest BCUT2D eigenvalue weighted by atomic mass is 35.5. The standard InChI is InChI=1S/C14H13BClNO3S2/c1-9-3-4-13(12(16)7-9)22(19,20)17-6-5-11-8-10(2)21-14(11)15(17)18/h3-8,18H,1-2H3. The number of rotatable bonds is 2. The van der Waals surface area contributed by atoms with Gasteiger partial charge in [-0.2, -0.15) is 0 Å². The van der Waals surface area contributed by atoms with Gasteiger partial charge in [0.15, 0.2) is 0 Å². The molecule has 1 N–H and O–H groups in total. The molecule has 0 atom stereocenters. The molecule has 0 fully saturated rings. The molecule has 2 heterocycles. The predicted molar refractivity (Wildman–Crippen MR) is 90.9 cm³/mol. The molecule has 0 spiro atoms. The van der Waals surface area contributed by atoms with Crippen LogP contribution in [0.25, 0.3) is 6.08 Å². The summed E-state index contributed by atoms with van der Waals surface area (Å²) in [6.07, 6.45) is 3.07. The zero-order chi connectivity index (χ0) is 16.1. The van der Waals surface area contributed by atoms with Crippen LogP contribution in [0, 0.1) is 13.8 Å². The first-order valence-electron chi connectivity index (χ1n) is 6.57. The Balaban J connectivity index is 2.07. The molecule has 1 aromatic carbocycles. The van der Waals surface area contributed by atoms with Crippen molar-refractivity contribution >= 4 is 50.9 Å². The highest BCUT2D eigenvalue weighted by Gasteiger charge is 2.38. The third-order valence-corrected chi connectivity index (χ3v) is 6.75. The van der Waals surface area contributed by atoms with Gasteiger partial charge >= 0.3 is 7.05 Å². The van der Waals surface area contributed by atoms with E-state index in [2.05, 4.69) is 0 Å². The minimum Gasteiger partial charge on any atom is -0.427 e. The van der Waals surface area contributed by atoms with Crippen LogP contribution in [0.4, 0.5) is 0 Å². The molecule has 0 amide bonds. The van der Waals surface area contributed by atoms with E-state index < -0.39 is 17.1 Å². The van der Waals surface area contributed by atoms with E-state index >= 15 is 0 Å². The van der Waals surface area contributed by atoms with E-state index in [0.29, 0.717) is 4.78 Å². The third-order valence-electron chi connectivity index (χ3n) is 3.43. The molecular weight excluding hydrogens is 341 g/mol. The minimum atomic E-state index is -3.92. The average molecular weight is 354 g/mol. The van der Waals surface area contributed by atoms with Gasteiger partial charge < -0.3 is 5.02 Å². The van der Waals surface area contributed by atoms with Gasteiger partial charge in [0.25, 0.3) is 10.0 Å². The molecule has 1 aliphatic heterocycles. The van der Waals surface area contributed by atoms with Gasteiger partial charge in [-0.05, 0) is 49.2 Å². The highest BCUT2D eigenvalue weighted by Crippen LogP contribution is 2.29. The van der Waals surface area contributed by atoms with Crippen molar-refractivity contribution in [1.82, 2.24) is 4.22 Å². The topological polar surface area (TPSA) is 57.6 Å². The zero-order valence-electron chi connectivity index (χ0n) is 11.9. The number of nitrogens with zero attached hydrogens (tertiary/aromatic N) is 1. The molecule has 3 rings (SSSR count). The second-order valence-electron chi connectivity index (χ2n) is 5.13. The fourth-order valence-corrected chi connectivity index (χ4v) is 5.33. The molecule has 0 saturated heterocycles. The van der Waals surface area contributed by atoms with Crippen LogP contribution >= 0.6 is 22.9 Å². The molecule has 1 aromatic heterocycles. The van der Waals surface area contributed by atoms with Crippen molar-refractivity contribution in [3.8, 4) is 0 Å². The van der Waals surface area contributed by atoms with Crippen molar-refractivity contribution in [1.29, 1.82) is 0 Å². The van der Waals surface area contributed by atoms with E-state index in [1.54, 1.807) is 18.2 Å².